The molecule has 2 N–H and O–H groups in total. The van der Waals surface area contributed by atoms with Crippen molar-refractivity contribution < 1.29 is 17.9 Å². The largest absolute Gasteiger partial charge is 0.469 e. The minimum Gasteiger partial charge on any atom is -0.469 e. The van der Waals surface area contributed by atoms with Crippen LogP contribution in [0.5, 0.6) is 0 Å². The van der Waals surface area contributed by atoms with Crippen LogP contribution < -0.4 is 5.32 Å². The number of aryl methyl sites for hydroxylation is 1. The van der Waals surface area contributed by atoms with E-state index in [4.69, 9.17) is 4.42 Å². The van der Waals surface area contributed by atoms with E-state index in [1.807, 2.05) is 6.07 Å². The van der Waals surface area contributed by atoms with Gasteiger partial charge in [-0.1, -0.05) is 6.07 Å². The van der Waals surface area contributed by atoms with E-state index in [2.05, 4.69) is 5.32 Å². The molecular weight excluding hydrogens is 322 g/mol. The molecule has 0 aromatic carbocycles. The molecule has 2 heterocycles. The number of thiophene rings is 1. The molecule has 2 atom stereocenters. The summed E-state index contributed by atoms with van der Waals surface area (Å²) in [4.78, 5) is 0. The first kappa shape index (κ1) is 15.7. The van der Waals surface area contributed by atoms with Gasteiger partial charge in [-0.2, -0.15) is 0 Å². The number of hydrogen-bond donors (Lipinski definition) is 2. The Morgan fingerprint density at radius 3 is 3.09 bits per heavy atom. The predicted molar refractivity (Wildman–Crippen MR) is 84.8 cm³/mol. The van der Waals surface area contributed by atoms with E-state index in [1.165, 1.54) is 11.3 Å². The molecular formula is C15H19NO4S2. The molecule has 1 aliphatic carbocycles. The minimum absolute atomic E-state index is 0.126. The molecule has 0 spiro atoms. The SMILES string of the molecule is O=S(=O)(C[C@H](O)CN[C@H]1CCCc2occc21)c1cccs1. The zero-order chi connectivity index (χ0) is 15.6. The van der Waals surface area contributed by atoms with Crippen LogP contribution in [0.25, 0.3) is 0 Å². The summed E-state index contributed by atoms with van der Waals surface area (Å²) in [5.74, 6) is 0.732. The number of aliphatic hydroxyl groups is 1. The van der Waals surface area contributed by atoms with Crippen LogP contribution >= 0.6 is 11.3 Å². The molecule has 0 bridgehead atoms. The Bertz CT molecular complexity index is 706. The van der Waals surface area contributed by atoms with Gasteiger partial charge in [-0.15, -0.1) is 11.3 Å². The zero-order valence-electron chi connectivity index (χ0n) is 12.1. The molecule has 0 aliphatic heterocycles. The lowest BCUT2D eigenvalue weighted by molar-refractivity contribution is 0.186. The Kier molecular flexibility index (Phi) is 4.67. The van der Waals surface area contributed by atoms with Gasteiger partial charge in [-0.3, -0.25) is 0 Å². The summed E-state index contributed by atoms with van der Waals surface area (Å²) in [5.41, 5.74) is 1.12. The first-order chi connectivity index (χ1) is 10.6. The lowest BCUT2D eigenvalue weighted by Gasteiger charge is -2.24. The van der Waals surface area contributed by atoms with Gasteiger partial charge in [-0.25, -0.2) is 8.42 Å². The van der Waals surface area contributed by atoms with E-state index < -0.39 is 15.9 Å². The van der Waals surface area contributed by atoms with Crippen LogP contribution in [-0.2, 0) is 16.3 Å². The summed E-state index contributed by atoms with van der Waals surface area (Å²) in [6.45, 7) is 0.250. The highest BCUT2D eigenvalue weighted by Crippen LogP contribution is 2.30. The molecule has 7 heteroatoms. The van der Waals surface area contributed by atoms with Gasteiger partial charge in [0.25, 0.3) is 0 Å². The average molecular weight is 341 g/mol. The molecule has 1 aliphatic rings. The Balaban J connectivity index is 1.57. The number of furan rings is 1. The van der Waals surface area contributed by atoms with Gasteiger partial charge < -0.3 is 14.8 Å². The molecule has 0 saturated carbocycles. The Labute approximate surface area is 133 Å². The first-order valence-electron chi connectivity index (χ1n) is 7.30. The summed E-state index contributed by atoms with van der Waals surface area (Å²) < 4.78 is 30.0. The van der Waals surface area contributed by atoms with Gasteiger partial charge in [0.1, 0.15) is 9.97 Å². The van der Waals surface area contributed by atoms with Gasteiger partial charge in [0.2, 0.25) is 0 Å². The van der Waals surface area contributed by atoms with Crippen molar-refractivity contribution in [1.82, 2.24) is 5.32 Å². The first-order valence-corrected chi connectivity index (χ1v) is 9.83. The van der Waals surface area contributed by atoms with Crippen molar-refractivity contribution >= 4 is 21.2 Å². The maximum Gasteiger partial charge on any atom is 0.190 e. The summed E-state index contributed by atoms with van der Waals surface area (Å²) in [6.07, 6.45) is 3.70. The number of nitrogens with one attached hydrogen (secondary N) is 1. The lowest BCUT2D eigenvalue weighted by Crippen LogP contribution is -2.35. The fraction of sp³-hybridized carbons (Fsp3) is 0.467. The highest BCUT2D eigenvalue weighted by Gasteiger charge is 2.25. The van der Waals surface area contributed by atoms with Crippen molar-refractivity contribution in [2.24, 2.45) is 0 Å². The molecule has 0 fully saturated rings. The summed E-state index contributed by atoms with van der Waals surface area (Å²) in [5, 5.41) is 15.0. The highest BCUT2D eigenvalue weighted by molar-refractivity contribution is 7.93. The number of hydrogen-bond acceptors (Lipinski definition) is 6. The van der Waals surface area contributed by atoms with Crippen molar-refractivity contribution in [3.63, 3.8) is 0 Å². The summed E-state index contributed by atoms with van der Waals surface area (Å²) in [7, 11) is -3.41. The highest BCUT2D eigenvalue weighted by atomic mass is 32.2. The normalized spacial score (nSPS) is 19.8. The van der Waals surface area contributed by atoms with Crippen molar-refractivity contribution in [3.05, 3.63) is 41.2 Å². The Morgan fingerprint density at radius 2 is 2.32 bits per heavy atom. The molecule has 0 unspecified atom stereocenters. The van der Waals surface area contributed by atoms with E-state index in [1.54, 1.807) is 23.8 Å². The lowest BCUT2D eigenvalue weighted by atomic mass is 9.93. The van der Waals surface area contributed by atoms with Crippen LogP contribution in [-0.4, -0.2) is 31.9 Å². The second kappa shape index (κ2) is 6.54. The third-order valence-corrected chi connectivity index (χ3v) is 7.15. The molecule has 3 rings (SSSR count). The van der Waals surface area contributed by atoms with Crippen molar-refractivity contribution in [2.75, 3.05) is 12.3 Å². The van der Waals surface area contributed by atoms with Gasteiger partial charge >= 0.3 is 0 Å². The van der Waals surface area contributed by atoms with Crippen LogP contribution in [0.2, 0.25) is 0 Å². The molecule has 0 saturated heterocycles. The number of rotatable bonds is 6. The van der Waals surface area contributed by atoms with Crippen LogP contribution in [0, 0.1) is 0 Å². The number of fused-ring (bicyclic) bond motifs is 1. The standard InChI is InChI=1S/C15H19NO4S2/c17-11(10-22(18,19)15-5-2-8-21-15)9-16-13-3-1-4-14-12(13)6-7-20-14/h2,5-8,11,13,16-17H,1,3-4,9-10H2/t11-,13+/m1/s1. The molecule has 120 valence electrons. The minimum atomic E-state index is -3.41. The van der Waals surface area contributed by atoms with E-state index in [-0.39, 0.29) is 18.3 Å². The van der Waals surface area contributed by atoms with Crippen molar-refractivity contribution in [2.45, 2.75) is 35.6 Å². The third kappa shape index (κ3) is 3.43. The maximum atomic E-state index is 12.1. The number of sulfone groups is 1. The molecule has 0 amide bonds. The van der Waals surface area contributed by atoms with E-state index in [0.29, 0.717) is 4.21 Å². The molecule has 2 aromatic heterocycles. The van der Waals surface area contributed by atoms with E-state index in [9.17, 15) is 13.5 Å². The Morgan fingerprint density at radius 1 is 1.45 bits per heavy atom. The molecule has 2 aromatic rings. The monoisotopic (exact) mass is 341 g/mol. The smallest absolute Gasteiger partial charge is 0.190 e. The van der Waals surface area contributed by atoms with Crippen LogP contribution in [0.4, 0.5) is 0 Å². The van der Waals surface area contributed by atoms with Crippen LogP contribution in [0.3, 0.4) is 0 Å². The second-order valence-electron chi connectivity index (χ2n) is 5.52. The predicted octanol–water partition coefficient (Wildman–Crippen LogP) is 2.14. The molecule has 0 radical (unpaired) electrons. The fourth-order valence-corrected chi connectivity index (χ4v) is 5.29. The van der Waals surface area contributed by atoms with Crippen molar-refractivity contribution in [3.8, 4) is 0 Å². The molecule has 5 nitrogen and oxygen atoms in total. The Hall–Kier alpha value is -1.15. The fourth-order valence-electron chi connectivity index (χ4n) is 2.81. The zero-order valence-corrected chi connectivity index (χ0v) is 13.7. The summed E-state index contributed by atoms with van der Waals surface area (Å²) >= 11 is 1.18. The van der Waals surface area contributed by atoms with Gasteiger partial charge in [-0.05, 0) is 30.4 Å². The third-order valence-electron chi connectivity index (χ3n) is 3.87. The van der Waals surface area contributed by atoms with Crippen LogP contribution in [0.15, 0.2) is 38.5 Å². The second-order valence-corrected chi connectivity index (χ2v) is 8.73. The maximum absolute atomic E-state index is 12.1. The van der Waals surface area contributed by atoms with Gasteiger partial charge in [0.15, 0.2) is 9.84 Å². The summed E-state index contributed by atoms with van der Waals surface area (Å²) in [6, 6.07) is 5.34. The topological polar surface area (TPSA) is 79.5 Å². The van der Waals surface area contributed by atoms with E-state index >= 15 is 0 Å². The average Bonchev–Trinajstić information content (AvgIpc) is 3.15. The van der Waals surface area contributed by atoms with Gasteiger partial charge in [0.05, 0.1) is 18.1 Å². The number of aliphatic hydroxyl groups excluding tert-OH is 1. The van der Waals surface area contributed by atoms with Crippen molar-refractivity contribution in [1.29, 1.82) is 0 Å². The van der Waals surface area contributed by atoms with Crippen LogP contribution in [0.1, 0.15) is 30.2 Å². The quantitative estimate of drug-likeness (QED) is 0.841. The molecule has 22 heavy (non-hydrogen) atoms. The van der Waals surface area contributed by atoms with E-state index in [0.717, 1.165) is 30.6 Å². The van der Waals surface area contributed by atoms with Gasteiger partial charge in [0, 0.05) is 24.6 Å².